The zero-order valence-corrected chi connectivity index (χ0v) is 13.9. The number of nitrogens with one attached hydrogen (secondary N) is 2. The van der Waals surface area contributed by atoms with Crippen molar-refractivity contribution in [3.63, 3.8) is 0 Å². The van der Waals surface area contributed by atoms with E-state index >= 15 is 0 Å². The van der Waals surface area contributed by atoms with E-state index in [0.29, 0.717) is 6.04 Å². The number of benzene rings is 1. The Kier molecular flexibility index (Phi) is 5.83. The van der Waals surface area contributed by atoms with E-state index in [1.807, 2.05) is 26.8 Å². The maximum Gasteiger partial charge on any atom is 0.407 e. The minimum absolute atomic E-state index is 0.205. The second-order valence-electron chi connectivity index (χ2n) is 7.07. The first-order valence-electron chi connectivity index (χ1n) is 8.19. The number of hydrogen-bond acceptors (Lipinski definition) is 3. The Labute approximate surface area is 133 Å². The highest BCUT2D eigenvalue weighted by molar-refractivity contribution is 5.68. The van der Waals surface area contributed by atoms with Crippen molar-refractivity contribution in [1.29, 1.82) is 0 Å². The van der Waals surface area contributed by atoms with Crippen molar-refractivity contribution in [2.75, 3.05) is 0 Å². The molecular weight excluding hydrogens is 276 g/mol. The van der Waals surface area contributed by atoms with Gasteiger partial charge in [0.05, 0.1) is 0 Å². The lowest BCUT2D eigenvalue weighted by Crippen LogP contribution is -2.45. The second kappa shape index (κ2) is 7.63. The number of amides is 1. The summed E-state index contributed by atoms with van der Waals surface area (Å²) in [7, 11) is 0. The van der Waals surface area contributed by atoms with Gasteiger partial charge in [-0.05, 0) is 52.0 Å². The average Bonchev–Trinajstić information content (AvgIpc) is 2.44. The summed E-state index contributed by atoms with van der Waals surface area (Å²) in [6, 6.07) is 11.1. The van der Waals surface area contributed by atoms with Crippen LogP contribution in [0.1, 0.15) is 52.0 Å². The summed E-state index contributed by atoms with van der Waals surface area (Å²) in [4.78, 5) is 11.9. The second-order valence-corrected chi connectivity index (χ2v) is 7.07. The zero-order valence-electron chi connectivity index (χ0n) is 13.9. The maximum atomic E-state index is 11.9. The molecule has 1 fully saturated rings. The molecule has 22 heavy (non-hydrogen) atoms. The fraction of sp³-hybridized carbons (Fsp3) is 0.611. The first-order chi connectivity index (χ1) is 10.4. The normalized spacial score (nSPS) is 22.1. The fourth-order valence-corrected chi connectivity index (χ4v) is 2.84. The molecule has 1 amide bonds. The van der Waals surface area contributed by atoms with Crippen molar-refractivity contribution in [2.45, 2.75) is 70.7 Å². The summed E-state index contributed by atoms with van der Waals surface area (Å²) in [5, 5.41) is 6.60. The van der Waals surface area contributed by atoms with Gasteiger partial charge in [0.2, 0.25) is 0 Å². The number of rotatable bonds is 4. The maximum absolute atomic E-state index is 11.9. The fourth-order valence-electron chi connectivity index (χ4n) is 2.84. The van der Waals surface area contributed by atoms with Crippen LogP contribution in [0, 0.1) is 0 Å². The van der Waals surface area contributed by atoms with E-state index in [0.717, 1.165) is 25.8 Å². The lowest BCUT2D eigenvalue weighted by atomic mass is 9.91. The molecule has 4 nitrogen and oxygen atoms in total. The Morgan fingerprint density at radius 2 is 1.86 bits per heavy atom. The molecule has 1 aliphatic rings. The van der Waals surface area contributed by atoms with Crippen molar-refractivity contribution in [1.82, 2.24) is 10.6 Å². The first kappa shape index (κ1) is 16.8. The van der Waals surface area contributed by atoms with Gasteiger partial charge in [0, 0.05) is 18.6 Å². The van der Waals surface area contributed by atoms with Gasteiger partial charge in [0.25, 0.3) is 0 Å². The molecule has 0 heterocycles. The highest BCUT2D eigenvalue weighted by Gasteiger charge is 2.25. The van der Waals surface area contributed by atoms with Crippen LogP contribution in [0.25, 0.3) is 0 Å². The van der Waals surface area contributed by atoms with E-state index < -0.39 is 5.60 Å². The molecule has 1 aliphatic carbocycles. The van der Waals surface area contributed by atoms with Crippen molar-refractivity contribution < 1.29 is 9.53 Å². The van der Waals surface area contributed by atoms with Gasteiger partial charge >= 0.3 is 6.09 Å². The van der Waals surface area contributed by atoms with Gasteiger partial charge in [0.15, 0.2) is 0 Å². The van der Waals surface area contributed by atoms with Gasteiger partial charge in [-0.2, -0.15) is 0 Å². The molecule has 0 radical (unpaired) electrons. The van der Waals surface area contributed by atoms with Gasteiger partial charge in [-0.25, -0.2) is 4.79 Å². The van der Waals surface area contributed by atoms with Crippen LogP contribution < -0.4 is 10.6 Å². The monoisotopic (exact) mass is 304 g/mol. The SMILES string of the molecule is CC(C)(C)OC(=O)NC1CCCC(NCc2ccccc2)C1. The molecule has 2 N–H and O–H groups in total. The first-order valence-corrected chi connectivity index (χ1v) is 8.19. The zero-order chi connectivity index (χ0) is 16.0. The van der Waals surface area contributed by atoms with Crippen LogP contribution in [0.3, 0.4) is 0 Å². The molecule has 2 rings (SSSR count). The summed E-state index contributed by atoms with van der Waals surface area (Å²) >= 11 is 0. The molecule has 0 saturated heterocycles. The summed E-state index contributed by atoms with van der Waals surface area (Å²) < 4.78 is 5.33. The predicted molar refractivity (Wildman–Crippen MR) is 88.7 cm³/mol. The molecule has 122 valence electrons. The Morgan fingerprint density at radius 1 is 1.18 bits per heavy atom. The molecule has 0 spiro atoms. The molecule has 1 saturated carbocycles. The third-order valence-electron chi connectivity index (χ3n) is 3.83. The Balaban J connectivity index is 1.75. The number of carbonyl (C=O) groups is 1. The Morgan fingerprint density at radius 3 is 2.55 bits per heavy atom. The summed E-state index contributed by atoms with van der Waals surface area (Å²) in [6.07, 6.45) is 3.99. The highest BCUT2D eigenvalue weighted by Crippen LogP contribution is 2.19. The van der Waals surface area contributed by atoms with E-state index in [9.17, 15) is 4.79 Å². The molecule has 1 aromatic rings. The number of hydrogen-bond donors (Lipinski definition) is 2. The van der Waals surface area contributed by atoms with E-state index in [1.54, 1.807) is 0 Å². The van der Waals surface area contributed by atoms with Gasteiger partial charge in [-0.3, -0.25) is 0 Å². The number of alkyl carbamates (subject to hydrolysis) is 1. The molecule has 0 bridgehead atoms. The molecule has 1 aromatic carbocycles. The van der Waals surface area contributed by atoms with E-state index in [4.69, 9.17) is 4.74 Å². The lowest BCUT2D eigenvalue weighted by molar-refractivity contribution is 0.0488. The van der Waals surface area contributed by atoms with E-state index in [-0.39, 0.29) is 12.1 Å². The molecule has 4 heteroatoms. The van der Waals surface area contributed by atoms with Gasteiger partial charge < -0.3 is 15.4 Å². The van der Waals surface area contributed by atoms with Crippen molar-refractivity contribution in [3.05, 3.63) is 35.9 Å². The van der Waals surface area contributed by atoms with Crippen LogP contribution in [0.4, 0.5) is 4.79 Å². The van der Waals surface area contributed by atoms with Crippen LogP contribution in [-0.2, 0) is 11.3 Å². The third kappa shape index (κ3) is 6.06. The molecule has 2 atom stereocenters. The van der Waals surface area contributed by atoms with Crippen molar-refractivity contribution >= 4 is 6.09 Å². The topological polar surface area (TPSA) is 50.4 Å². The van der Waals surface area contributed by atoms with Crippen molar-refractivity contribution in [3.8, 4) is 0 Å². The summed E-state index contributed by atoms with van der Waals surface area (Å²) in [5.74, 6) is 0. The smallest absolute Gasteiger partial charge is 0.407 e. The highest BCUT2D eigenvalue weighted by atomic mass is 16.6. The minimum Gasteiger partial charge on any atom is -0.444 e. The van der Waals surface area contributed by atoms with Crippen molar-refractivity contribution in [2.24, 2.45) is 0 Å². The van der Waals surface area contributed by atoms with Crippen LogP contribution in [0.15, 0.2) is 30.3 Å². The van der Waals surface area contributed by atoms with Crippen LogP contribution in [0.2, 0.25) is 0 Å². The lowest BCUT2D eigenvalue weighted by Gasteiger charge is -2.31. The third-order valence-corrected chi connectivity index (χ3v) is 3.83. The Bertz CT molecular complexity index is 468. The molecule has 0 aromatic heterocycles. The Hall–Kier alpha value is -1.55. The number of carbonyl (C=O) groups excluding carboxylic acids is 1. The van der Waals surface area contributed by atoms with Crippen LogP contribution in [0.5, 0.6) is 0 Å². The van der Waals surface area contributed by atoms with E-state index in [2.05, 4.69) is 34.9 Å². The largest absolute Gasteiger partial charge is 0.444 e. The van der Waals surface area contributed by atoms with Gasteiger partial charge in [-0.1, -0.05) is 30.3 Å². The van der Waals surface area contributed by atoms with Gasteiger partial charge in [-0.15, -0.1) is 0 Å². The minimum atomic E-state index is -0.441. The van der Waals surface area contributed by atoms with Crippen LogP contribution in [-0.4, -0.2) is 23.8 Å². The number of ether oxygens (including phenoxy) is 1. The standard InChI is InChI=1S/C18H28N2O2/c1-18(2,3)22-17(21)20-16-11-7-10-15(12-16)19-13-14-8-5-4-6-9-14/h4-6,8-9,15-16,19H,7,10-13H2,1-3H3,(H,20,21). The average molecular weight is 304 g/mol. The summed E-state index contributed by atoms with van der Waals surface area (Å²) in [5.41, 5.74) is 0.855. The van der Waals surface area contributed by atoms with Gasteiger partial charge in [0.1, 0.15) is 5.60 Å². The molecule has 0 aliphatic heterocycles. The predicted octanol–water partition coefficient (Wildman–Crippen LogP) is 3.61. The molecular formula is C18H28N2O2. The molecule has 2 unspecified atom stereocenters. The van der Waals surface area contributed by atoms with Crippen LogP contribution >= 0.6 is 0 Å². The van der Waals surface area contributed by atoms with E-state index in [1.165, 1.54) is 12.0 Å². The quantitative estimate of drug-likeness (QED) is 0.893. The summed E-state index contributed by atoms with van der Waals surface area (Å²) in [6.45, 7) is 6.54.